The minimum atomic E-state index is -1.42. The largest absolute Gasteiger partial charge is 0.508 e. The molecular formula is C26H33ClN4O6. The van der Waals surface area contributed by atoms with E-state index in [1.54, 1.807) is 65.0 Å². The van der Waals surface area contributed by atoms with E-state index < -0.39 is 47.9 Å². The number of aromatic hydroxyl groups is 1. The SMILES string of the molecule is CCN(C(=O)C(CC(N)=O)NC(=O)OC(C)(C)C)C(C(=O)Nc1c(C)cccc1Cl)c1ccccc1O. The van der Waals surface area contributed by atoms with Crippen LogP contribution in [0, 0.1) is 6.92 Å². The average molecular weight is 533 g/mol. The number of phenols is 1. The summed E-state index contributed by atoms with van der Waals surface area (Å²) in [5, 5.41) is 16.0. The fourth-order valence-electron chi connectivity index (χ4n) is 3.67. The van der Waals surface area contributed by atoms with E-state index in [1.165, 1.54) is 12.1 Å². The van der Waals surface area contributed by atoms with Crippen LogP contribution in [-0.2, 0) is 19.1 Å². The average Bonchev–Trinajstić information content (AvgIpc) is 2.78. The second kappa shape index (κ2) is 12.4. The predicted molar refractivity (Wildman–Crippen MR) is 140 cm³/mol. The molecule has 0 fully saturated rings. The van der Waals surface area contributed by atoms with E-state index in [0.29, 0.717) is 11.3 Å². The van der Waals surface area contributed by atoms with E-state index in [1.807, 2.05) is 0 Å². The first-order chi connectivity index (χ1) is 17.2. The van der Waals surface area contributed by atoms with Gasteiger partial charge in [-0.05, 0) is 52.3 Å². The van der Waals surface area contributed by atoms with Crippen molar-refractivity contribution in [1.29, 1.82) is 0 Å². The van der Waals surface area contributed by atoms with Gasteiger partial charge in [0, 0.05) is 12.1 Å². The smallest absolute Gasteiger partial charge is 0.408 e. The molecule has 2 atom stereocenters. The maximum absolute atomic E-state index is 13.7. The summed E-state index contributed by atoms with van der Waals surface area (Å²) in [4.78, 5) is 52.7. The van der Waals surface area contributed by atoms with Crippen LogP contribution in [-0.4, -0.2) is 52.0 Å². The number of benzene rings is 2. The van der Waals surface area contributed by atoms with Crippen LogP contribution in [0.5, 0.6) is 5.75 Å². The monoisotopic (exact) mass is 532 g/mol. The van der Waals surface area contributed by atoms with Crippen LogP contribution >= 0.6 is 11.6 Å². The first-order valence-corrected chi connectivity index (χ1v) is 12.0. The van der Waals surface area contributed by atoms with Crippen molar-refractivity contribution < 1.29 is 29.0 Å². The molecule has 0 aromatic heterocycles. The van der Waals surface area contributed by atoms with E-state index in [2.05, 4.69) is 10.6 Å². The number of carbonyl (C=O) groups excluding carboxylic acids is 4. The second-order valence-corrected chi connectivity index (χ2v) is 9.78. The Morgan fingerprint density at radius 2 is 1.76 bits per heavy atom. The number of para-hydroxylation sites is 2. The van der Waals surface area contributed by atoms with Crippen molar-refractivity contribution in [2.75, 3.05) is 11.9 Å². The molecule has 2 aromatic rings. The van der Waals surface area contributed by atoms with Gasteiger partial charge in [-0.3, -0.25) is 14.4 Å². The van der Waals surface area contributed by atoms with Crippen LogP contribution in [0.4, 0.5) is 10.5 Å². The minimum Gasteiger partial charge on any atom is -0.508 e. The zero-order valence-electron chi connectivity index (χ0n) is 21.5. The third-order valence-corrected chi connectivity index (χ3v) is 5.59. The number of nitrogens with one attached hydrogen (secondary N) is 2. The Morgan fingerprint density at radius 3 is 2.30 bits per heavy atom. The summed E-state index contributed by atoms with van der Waals surface area (Å²) in [7, 11) is 0. The van der Waals surface area contributed by atoms with Gasteiger partial charge >= 0.3 is 6.09 Å². The highest BCUT2D eigenvalue weighted by Crippen LogP contribution is 2.32. The Kier molecular flexibility index (Phi) is 9.90. The number of amides is 4. The quantitative estimate of drug-likeness (QED) is 0.387. The Balaban J connectivity index is 2.51. The summed E-state index contributed by atoms with van der Waals surface area (Å²) in [5.74, 6) is -2.51. The molecule has 0 saturated carbocycles. The zero-order chi connectivity index (χ0) is 27.9. The molecule has 10 nitrogen and oxygen atoms in total. The number of phenolic OH excluding ortho intramolecular Hbond substituents is 1. The molecule has 0 aliphatic rings. The molecule has 2 aromatic carbocycles. The second-order valence-electron chi connectivity index (χ2n) is 9.38. The summed E-state index contributed by atoms with van der Waals surface area (Å²) in [5.41, 5.74) is 5.65. The lowest BCUT2D eigenvalue weighted by Crippen LogP contribution is -2.53. The minimum absolute atomic E-state index is 0.0159. The van der Waals surface area contributed by atoms with E-state index in [-0.39, 0.29) is 22.9 Å². The molecule has 11 heteroatoms. The van der Waals surface area contributed by atoms with Crippen molar-refractivity contribution in [2.24, 2.45) is 5.73 Å². The highest BCUT2D eigenvalue weighted by molar-refractivity contribution is 6.34. The molecule has 0 aliphatic carbocycles. The van der Waals surface area contributed by atoms with Crippen molar-refractivity contribution in [1.82, 2.24) is 10.2 Å². The maximum Gasteiger partial charge on any atom is 0.408 e. The fourth-order valence-corrected chi connectivity index (χ4v) is 3.94. The lowest BCUT2D eigenvalue weighted by atomic mass is 10.0. The molecule has 0 bridgehead atoms. The molecule has 0 heterocycles. The Bertz CT molecular complexity index is 1140. The maximum atomic E-state index is 13.7. The van der Waals surface area contributed by atoms with Gasteiger partial charge in [0.25, 0.3) is 5.91 Å². The van der Waals surface area contributed by atoms with Gasteiger partial charge in [0.05, 0.1) is 17.1 Å². The lowest BCUT2D eigenvalue weighted by Gasteiger charge is -2.33. The van der Waals surface area contributed by atoms with Crippen molar-refractivity contribution in [3.05, 3.63) is 58.6 Å². The fraction of sp³-hybridized carbons (Fsp3) is 0.385. The molecule has 0 saturated heterocycles. The van der Waals surface area contributed by atoms with Gasteiger partial charge in [0.2, 0.25) is 11.8 Å². The van der Waals surface area contributed by atoms with Crippen molar-refractivity contribution >= 4 is 41.1 Å². The van der Waals surface area contributed by atoms with Crippen molar-refractivity contribution in [3.8, 4) is 5.75 Å². The van der Waals surface area contributed by atoms with Gasteiger partial charge < -0.3 is 31.1 Å². The van der Waals surface area contributed by atoms with Crippen LogP contribution in [0.15, 0.2) is 42.5 Å². The first kappa shape index (κ1) is 29.4. The molecule has 2 unspecified atom stereocenters. The third-order valence-electron chi connectivity index (χ3n) is 5.28. The van der Waals surface area contributed by atoms with Gasteiger partial charge in [-0.2, -0.15) is 0 Å². The Morgan fingerprint density at radius 1 is 1.11 bits per heavy atom. The van der Waals surface area contributed by atoms with Gasteiger partial charge in [-0.15, -0.1) is 0 Å². The highest BCUT2D eigenvalue weighted by atomic mass is 35.5. The van der Waals surface area contributed by atoms with E-state index >= 15 is 0 Å². The van der Waals surface area contributed by atoms with Gasteiger partial charge in [-0.25, -0.2) is 4.79 Å². The van der Waals surface area contributed by atoms with Gasteiger partial charge in [-0.1, -0.05) is 41.9 Å². The number of ether oxygens (including phenoxy) is 1. The number of carbonyl (C=O) groups is 4. The van der Waals surface area contributed by atoms with Gasteiger partial charge in [0.15, 0.2) is 0 Å². The summed E-state index contributed by atoms with van der Waals surface area (Å²) >= 11 is 6.29. The molecule has 2 rings (SSSR count). The van der Waals surface area contributed by atoms with Crippen LogP contribution in [0.25, 0.3) is 0 Å². The molecule has 200 valence electrons. The Labute approximate surface area is 221 Å². The topological polar surface area (TPSA) is 151 Å². The number of nitrogens with zero attached hydrogens (tertiary/aromatic N) is 1. The van der Waals surface area contributed by atoms with E-state index in [4.69, 9.17) is 22.1 Å². The molecule has 0 spiro atoms. The van der Waals surface area contributed by atoms with Crippen molar-refractivity contribution in [2.45, 2.75) is 58.7 Å². The number of aryl methyl sites for hydroxylation is 1. The van der Waals surface area contributed by atoms with Crippen molar-refractivity contribution in [3.63, 3.8) is 0 Å². The van der Waals surface area contributed by atoms with E-state index in [9.17, 15) is 24.3 Å². The van der Waals surface area contributed by atoms with E-state index in [0.717, 1.165) is 4.90 Å². The summed E-state index contributed by atoms with van der Waals surface area (Å²) in [6.45, 7) is 8.29. The number of likely N-dealkylation sites (N-methyl/N-ethyl adjacent to an activating group) is 1. The normalized spacial score (nSPS) is 12.7. The number of primary amides is 1. The number of rotatable bonds is 9. The Hall–Kier alpha value is -3.79. The standard InChI is InChI=1S/C26H33ClN4O6/c1-6-31(24(35)18(14-20(28)33)29-25(36)37-26(3,4)5)22(16-11-7-8-13-19(16)32)23(34)30-21-15(2)10-9-12-17(21)27/h7-13,18,22,32H,6,14H2,1-5H3,(H2,28,33)(H,29,36)(H,30,34). The molecule has 5 N–H and O–H groups in total. The number of nitrogens with two attached hydrogens (primary N) is 1. The van der Waals surface area contributed by atoms with Crippen LogP contribution in [0.2, 0.25) is 5.02 Å². The molecular weight excluding hydrogens is 500 g/mol. The highest BCUT2D eigenvalue weighted by Gasteiger charge is 2.37. The van der Waals surface area contributed by atoms with Crippen LogP contribution in [0.1, 0.15) is 51.3 Å². The van der Waals surface area contributed by atoms with Crippen LogP contribution in [0.3, 0.4) is 0 Å². The predicted octanol–water partition coefficient (Wildman–Crippen LogP) is 3.65. The van der Waals surface area contributed by atoms with Gasteiger partial charge in [0.1, 0.15) is 23.4 Å². The molecule has 4 amide bonds. The van der Waals surface area contributed by atoms with Crippen LogP contribution < -0.4 is 16.4 Å². The first-order valence-electron chi connectivity index (χ1n) is 11.7. The third kappa shape index (κ3) is 8.11. The summed E-state index contributed by atoms with van der Waals surface area (Å²) in [6.07, 6.45) is -1.47. The summed E-state index contributed by atoms with van der Waals surface area (Å²) in [6, 6.07) is 8.39. The number of hydrogen-bond donors (Lipinski definition) is 4. The number of alkyl carbamates (subject to hydrolysis) is 1. The number of hydrogen-bond acceptors (Lipinski definition) is 6. The lowest BCUT2D eigenvalue weighted by molar-refractivity contribution is -0.141. The number of anilines is 1. The number of halogens is 1. The molecule has 0 radical (unpaired) electrons. The molecule has 0 aliphatic heterocycles. The summed E-state index contributed by atoms with van der Waals surface area (Å²) < 4.78 is 5.22. The zero-order valence-corrected chi connectivity index (χ0v) is 22.3. The molecule has 37 heavy (non-hydrogen) atoms.